The Balaban J connectivity index is 1.74. The Kier molecular flexibility index (Phi) is 3.75. The van der Waals surface area contributed by atoms with E-state index in [4.69, 9.17) is 0 Å². The number of fused-ring (bicyclic) bond motifs is 1. The first-order valence-corrected chi connectivity index (χ1v) is 7.41. The maximum Gasteiger partial charge on any atom is 0.252 e. The molecule has 106 valence electrons. The Hall–Kier alpha value is -2.14. The molecule has 0 atom stereocenters. The average molecular weight is 344 g/mol. The van der Waals surface area contributed by atoms with Gasteiger partial charge in [0.15, 0.2) is 0 Å². The molecule has 1 amide bonds. The summed E-state index contributed by atoms with van der Waals surface area (Å²) in [6, 6.07) is 13.3. The number of hydrogen-bond acceptors (Lipinski definition) is 2. The van der Waals surface area contributed by atoms with Crippen molar-refractivity contribution in [2.24, 2.45) is 0 Å². The number of carbonyl (C=O) groups excluding carboxylic acids is 1. The van der Waals surface area contributed by atoms with E-state index in [2.05, 4.69) is 31.2 Å². The molecular weight excluding hydrogens is 330 g/mol. The molecule has 0 aliphatic heterocycles. The molecule has 0 saturated heterocycles. The lowest BCUT2D eigenvalue weighted by molar-refractivity contribution is 0.0950. The van der Waals surface area contributed by atoms with E-state index in [9.17, 15) is 4.79 Å². The molecule has 4 nitrogen and oxygen atoms in total. The van der Waals surface area contributed by atoms with Gasteiger partial charge in [0.05, 0.1) is 16.6 Å². The van der Waals surface area contributed by atoms with Crippen LogP contribution in [-0.4, -0.2) is 15.9 Å². The molecule has 0 radical (unpaired) electrons. The van der Waals surface area contributed by atoms with Crippen LogP contribution in [-0.2, 0) is 6.54 Å². The van der Waals surface area contributed by atoms with Crippen molar-refractivity contribution in [3.8, 4) is 0 Å². The van der Waals surface area contributed by atoms with Crippen LogP contribution in [0.25, 0.3) is 11.0 Å². The lowest BCUT2D eigenvalue weighted by Gasteiger charge is -2.07. The Morgan fingerprint density at radius 2 is 2.10 bits per heavy atom. The van der Waals surface area contributed by atoms with Crippen LogP contribution in [0.2, 0.25) is 0 Å². The number of hydrogen-bond donors (Lipinski definition) is 2. The number of amides is 1. The predicted octanol–water partition coefficient (Wildman–Crippen LogP) is 3.56. The molecule has 1 heterocycles. The number of halogens is 1. The molecule has 3 rings (SSSR count). The molecule has 0 spiro atoms. The van der Waals surface area contributed by atoms with Gasteiger partial charge in [-0.25, -0.2) is 4.98 Å². The van der Waals surface area contributed by atoms with Crippen molar-refractivity contribution in [3.63, 3.8) is 0 Å². The minimum absolute atomic E-state index is 0.0941. The quantitative estimate of drug-likeness (QED) is 0.763. The second-order valence-electron chi connectivity index (χ2n) is 4.84. The number of H-pyrrole nitrogens is 1. The monoisotopic (exact) mass is 343 g/mol. The van der Waals surface area contributed by atoms with E-state index in [0.717, 1.165) is 26.9 Å². The molecule has 2 N–H and O–H groups in total. The lowest BCUT2D eigenvalue weighted by atomic mass is 10.2. The number of aromatic nitrogens is 2. The van der Waals surface area contributed by atoms with Crippen LogP contribution in [0.5, 0.6) is 0 Å². The van der Waals surface area contributed by atoms with Crippen molar-refractivity contribution in [3.05, 3.63) is 63.9 Å². The van der Waals surface area contributed by atoms with Crippen LogP contribution in [0.1, 0.15) is 21.7 Å². The van der Waals surface area contributed by atoms with Crippen molar-refractivity contribution in [2.75, 3.05) is 0 Å². The molecule has 0 fully saturated rings. The molecule has 0 aliphatic rings. The fourth-order valence-electron chi connectivity index (χ4n) is 2.22. The summed E-state index contributed by atoms with van der Waals surface area (Å²) < 4.78 is 0.794. The molecule has 0 bridgehead atoms. The number of rotatable bonds is 3. The van der Waals surface area contributed by atoms with Crippen molar-refractivity contribution >= 4 is 32.9 Å². The van der Waals surface area contributed by atoms with E-state index >= 15 is 0 Å². The number of imidazole rings is 1. The first-order valence-electron chi connectivity index (χ1n) is 6.61. The molecule has 0 aliphatic carbocycles. The number of aromatic amines is 1. The zero-order chi connectivity index (χ0) is 14.8. The third-order valence-electron chi connectivity index (χ3n) is 3.24. The highest BCUT2D eigenvalue weighted by molar-refractivity contribution is 9.10. The van der Waals surface area contributed by atoms with Gasteiger partial charge in [-0.15, -0.1) is 0 Å². The number of nitrogens with zero attached hydrogens (tertiary/aromatic N) is 1. The summed E-state index contributed by atoms with van der Waals surface area (Å²) >= 11 is 3.38. The number of benzene rings is 2. The van der Waals surface area contributed by atoms with Gasteiger partial charge in [0.25, 0.3) is 5.91 Å². The summed E-state index contributed by atoms with van der Waals surface area (Å²) in [5.74, 6) is 0.794. The van der Waals surface area contributed by atoms with Gasteiger partial charge in [-0.3, -0.25) is 4.79 Å². The normalized spacial score (nSPS) is 10.8. The predicted molar refractivity (Wildman–Crippen MR) is 86.1 cm³/mol. The minimum atomic E-state index is -0.0941. The summed E-state index contributed by atoms with van der Waals surface area (Å²) in [6.45, 7) is 2.41. The van der Waals surface area contributed by atoms with Crippen LogP contribution >= 0.6 is 15.9 Å². The highest BCUT2D eigenvalue weighted by atomic mass is 79.9. The van der Waals surface area contributed by atoms with E-state index in [-0.39, 0.29) is 5.91 Å². The molecule has 0 unspecified atom stereocenters. The molecule has 5 heteroatoms. The highest BCUT2D eigenvalue weighted by Crippen LogP contribution is 2.16. The molecule has 2 aromatic carbocycles. The Labute approximate surface area is 130 Å². The van der Waals surface area contributed by atoms with E-state index in [1.807, 2.05) is 43.3 Å². The zero-order valence-electron chi connectivity index (χ0n) is 11.5. The van der Waals surface area contributed by atoms with Crippen molar-refractivity contribution < 1.29 is 4.79 Å². The van der Waals surface area contributed by atoms with Gasteiger partial charge in [-0.05, 0) is 52.7 Å². The third kappa shape index (κ3) is 2.97. The number of carbonyl (C=O) groups is 1. The molecule has 1 aromatic heterocycles. The van der Waals surface area contributed by atoms with E-state index < -0.39 is 0 Å². The lowest BCUT2D eigenvalue weighted by Crippen LogP contribution is -2.23. The van der Waals surface area contributed by atoms with Gasteiger partial charge < -0.3 is 10.3 Å². The van der Waals surface area contributed by atoms with Gasteiger partial charge in [0.2, 0.25) is 0 Å². The van der Waals surface area contributed by atoms with Crippen LogP contribution in [0, 0.1) is 6.92 Å². The fraction of sp³-hybridized carbons (Fsp3) is 0.125. The second kappa shape index (κ2) is 5.69. The Bertz CT molecular complexity index is 810. The summed E-state index contributed by atoms with van der Waals surface area (Å²) in [4.78, 5) is 19.7. The van der Waals surface area contributed by atoms with Crippen LogP contribution in [0.3, 0.4) is 0 Å². The van der Waals surface area contributed by atoms with Gasteiger partial charge in [-0.1, -0.05) is 18.2 Å². The minimum Gasteiger partial charge on any atom is -0.348 e. The van der Waals surface area contributed by atoms with Crippen molar-refractivity contribution in [1.29, 1.82) is 0 Å². The van der Waals surface area contributed by atoms with E-state index in [1.54, 1.807) is 6.07 Å². The van der Waals surface area contributed by atoms with Gasteiger partial charge in [0, 0.05) is 11.0 Å². The van der Waals surface area contributed by atoms with Crippen LogP contribution in [0.15, 0.2) is 46.9 Å². The maximum absolute atomic E-state index is 12.1. The smallest absolute Gasteiger partial charge is 0.252 e. The standard InChI is InChI=1S/C16H14BrN3O/c1-10-19-14-7-6-11(8-15(14)20-10)9-18-16(21)12-4-2-3-5-13(12)17/h2-8H,9H2,1H3,(H,18,21)(H,19,20). The van der Waals surface area contributed by atoms with Gasteiger partial charge in [0.1, 0.15) is 5.82 Å². The van der Waals surface area contributed by atoms with Crippen LogP contribution < -0.4 is 5.32 Å². The van der Waals surface area contributed by atoms with Crippen molar-refractivity contribution in [2.45, 2.75) is 13.5 Å². The molecule has 21 heavy (non-hydrogen) atoms. The summed E-state index contributed by atoms with van der Waals surface area (Å²) in [6.07, 6.45) is 0. The van der Waals surface area contributed by atoms with Gasteiger partial charge in [-0.2, -0.15) is 0 Å². The summed E-state index contributed by atoms with van der Waals surface area (Å²) in [5, 5.41) is 2.92. The summed E-state index contributed by atoms with van der Waals surface area (Å²) in [7, 11) is 0. The zero-order valence-corrected chi connectivity index (χ0v) is 13.1. The Morgan fingerprint density at radius 3 is 2.90 bits per heavy atom. The largest absolute Gasteiger partial charge is 0.348 e. The van der Waals surface area contributed by atoms with E-state index in [0.29, 0.717) is 12.1 Å². The van der Waals surface area contributed by atoms with Gasteiger partial charge >= 0.3 is 0 Å². The first kappa shape index (κ1) is 13.8. The molecule has 3 aromatic rings. The average Bonchev–Trinajstić information content (AvgIpc) is 2.84. The number of aryl methyl sites for hydroxylation is 1. The first-order chi connectivity index (χ1) is 10.1. The van der Waals surface area contributed by atoms with Crippen LogP contribution in [0.4, 0.5) is 0 Å². The summed E-state index contributed by atoms with van der Waals surface area (Å²) in [5.41, 5.74) is 3.59. The highest BCUT2D eigenvalue weighted by Gasteiger charge is 2.09. The number of nitrogens with one attached hydrogen (secondary N) is 2. The van der Waals surface area contributed by atoms with Crippen molar-refractivity contribution in [1.82, 2.24) is 15.3 Å². The fourth-order valence-corrected chi connectivity index (χ4v) is 2.68. The Morgan fingerprint density at radius 1 is 1.29 bits per heavy atom. The van der Waals surface area contributed by atoms with E-state index in [1.165, 1.54) is 0 Å². The SMILES string of the molecule is Cc1nc2ccc(CNC(=O)c3ccccc3Br)cc2[nH]1. The maximum atomic E-state index is 12.1. The molecule has 0 saturated carbocycles. The third-order valence-corrected chi connectivity index (χ3v) is 3.93. The molecular formula is C16H14BrN3O. The topological polar surface area (TPSA) is 57.8 Å². The second-order valence-corrected chi connectivity index (χ2v) is 5.69.